The number of benzene rings is 2. The Morgan fingerprint density at radius 1 is 0.900 bits per heavy atom. The number of primary amides is 1. The third-order valence-electron chi connectivity index (χ3n) is 4.66. The van der Waals surface area contributed by atoms with Crippen LogP contribution >= 0.6 is 0 Å². The van der Waals surface area contributed by atoms with Gasteiger partial charge in [0.15, 0.2) is 0 Å². The lowest BCUT2D eigenvalue weighted by atomic mass is 10.0. The minimum Gasteiger partial charge on any atom is -0.457 e. The molecule has 4 N–H and O–H groups in total. The van der Waals surface area contributed by atoms with Crippen molar-refractivity contribution >= 4 is 5.91 Å². The van der Waals surface area contributed by atoms with Gasteiger partial charge in [0.2, 0.25) is 0 Å². The summed E-state index contributed by atoms with van der Waals surface area (Å²) >= 11 is 0. The standard InChI is InChI=1S/C24H20N4O2/c25-14-17-8-11-20(13-21(17)18-3-2-12-27-15-18)30-19-9-6-16(7-10-19)22-4-1-5-23(28-22)24(26)29/h1-13,15H,14,25H2,(H2,26,29). The fraction of sp³-hybridized carbons (Fsp3) is 0.0417. The van der Waals surface area contributed by atoms with Crippen molar-refractivity contribution in [2.24, 2.45) is 11.5 Å². The number of carbonyl (C=O) groups excluding carboxylic acids is 1. The van der Waals surface area contributed by atoms with Crippen molar-refractivity contribution < 1.29 is 9.53 Å². The summed E-state index contributed by atoms with van der Waals surface area (Å²) in [5, 5.41) is 0. The largest absolute Gasteiger partial charge is 0.457 e. The molecule has 0 unspecified atom stereocenters. The van der Waals surface area contributed by atoms with Gasteiger partial charge in [0.25, 0.3) is 5.91 Å². The van der Waals surface area contributed by atoms with Crippen LogP contribution in [0.1, 0.15) is 16.1 Å². The number of amides is 1. The van der Waals surface area contributed by atoms with Gasteiger partial charge >= 0.3 is 0 Å². The summed E-state index contributed by atoms with van der Waals surface area (Å²) in [6, 6.07) is 22.4. The molecule has 0 fully saturated rings. The molecule has 0 saturated heterocycles. The van der Waals surface area contributed by atoms with E-state index < -0.39 is 5.91 Å². The molecular formula is C24H20N4O2. The Labute approximate surface area is 174 Å². The minimum absolute atomic E-state index is 0.232. The number of carbonyl (C=O) groups is 1. The van der Waals surface area contributed by atoms with Crippen LogP contribution in [0.2, 0.25) is 0 Å². The Bertz CT molecular complexity index is 1180. The maximum Gasteiger partial charge on any atom is 0.267 e. The van der Waals surface area contributed by atoms with E-state index in [1.54, 1.807) is 24.5 Å². The molecule has 0 spiro atoms. The first kappa shape index (κ1) is 19.3. The van der Waals surface area contributed by atoms with E-state index in [1.807, 2.05) is 60.7 Å². The van der Waals surface area contributed by atoms with Gasteiger partial charge in [-0.1, -0.05) is 18.2 Å². The smallest absolute Gasteiger partial charge is 0.267 e. The number of hydrogen-bond donors (Lipinski definition) is 2. The van der Waals surface area contributed by atoms with E-state index in [0.717, 1.165) is 22.3 Å². The van der Waals surface area contributed by atoms with Crippen LogP contribution in [0.25, 0.3) is 22.4 Å². The topological polar surface area (TPSA) is 104 Å². The molecule has 1 amide bonds. The van der Waals surface area contributed by atoms with Crippen LogP contribution in [0.15, 0.2) is 85.2 Å². The fourth-order valence-corrected chi connectivity index (χ4v) is 3.15. The zero-order chi connectivity index (χ0) is 20.9. The molecule has 4 rings (SSSR count). The van der Waals surface area contributed by atoms with Gasteiger partial charge in [-0.3, -0.25) is 9.78 Å². The molecule has 6 nitrogen and oxygen atoms in total. The summed E-state index contributed by atoms with van der Waals surface area (Å²) in [6.07, 6.45) is 3.54. The number of hydrogen-bond acceptors (Lipinski definition) is 5. The number of pyridine rings is 2. The third kappa shape index (κ3) is 4.19. The van der Waals surface area contributed by atoms with Crippen LogP contribution in [-0.2, 0) is 6.54 Å². The van der Waals surface area contributed by atoms with Crippen LogP contribution in [0.3, 0.4) is 0 Å². The van der Waals surface area contributed by atoms with Gasteiger partial charge < -0.3 is 16.2 Å². The molecule has 2 aromatic carbocycles. The molecule has 2 heterocycles. The van der Waals surface area contributed by atoms with E-state index >= 15 is 0 Å². The maximum atomic E-state index is 11.3. The monoisotopic (exact) mass is 396 g/mol. The zero-order valence-electron chi connectivity index (χ0n) is 16.2. The quantitative estimate of drug-likeness (QED) is 0.509. The van der Waals surface area contributed by atoms with Crippen molar-refractivity contribution in [2.45, 2.75) is 6.54 Å². The second kappa shape index (κ2) is 8.55. The average Bonchev–Trinajstić information content (AvgIpc) is 2.80. The summed E-state index contributed by atoms with van der Waals surface area (Å²) in [5.74, 6) is 0.831. The average molecular weight is 396 g/mol. The molecule has 148 valence electrons. The van der Waals surface area contributed by atoms with E-state index in [2.05, 4.69) is 9.97 Å². The van der Waals surface area contributed by atoms with Crippen molar-refractivity contribution in [3.8, 4) is 33.9 Å². The van der Waals surface area contributed by atoms with E-state index in [-0.39, 0.29) is 5.69 Å². The molecule has 0 saturated carbocycles. The lowest BCUT2D eigenvalue weighted by Gasteiger charge is -2.12. The molecule has 6 heteroatoms. The van der Waals surface area contributed by atoms with Gasteiger partial charge in [0, 0.05) is 30.1 Å². The number of nitrogens with two attached hydrogens (primary N) is 2. The van der Waals surface area contributed by atoms with Crippen molar-refractivity contribution in [3.05, 3.63) is 96.4 Å². The molecule has 4 aromatic rings. The molecule has 0 atom stereocenters. The molecule has 0 bridgehead atoms. The Kier molecular flexibility index (Phi) is 5.50. The molecule has 0 aliphatic rings. The molecule has 0 radical (unpaired) electrons. The van der Waals surface area contributed by atoms with Crippen molar-refractivity contribution in [1.82, 2.24) is 9.97 Å². The summed E-state index contributed by atoms with van der Waals surface area (Å²) < 4.78 is 6.04. The highest BCUT2D eigenvalue weighted by atomic mass is 16.5. The Morgan fingerprint density at radius 3 is 2.40 bits per heavy atom. The molecule has 2 aromatic heterocycles. The minimum atomic E-state index is -0.554. The first-order chi connectivity index (χ1) is 14.6. The van der Waals surface area contributed by atoms with Gasteiger partial charge in [-0.2, -0.15) is 0 Å². The normalized spacial score (nSPS) is 10.6. The zero-order valence-corrected chi connectivity index (χ0v) is 16.2. The summed E-state index contributed by atoms with van der Waals surface area (Å²) in [6.45, 7) is 0.427. The van der Waals surface area contributed by atoms with E-state index in [0.29, 0.717) is 23.7 Å². The van der Waals surface area contributed by atoms with Crippen LogP contribution < -0.4 is 16.2 Å². The summed E-state index contributed by atoms with van der Waals surface area (Å²) in [5.41, 5.74) is 16.0. The van der Waals surface area contributed by atoms with Crippen molar-refractivity contribution in [2.75, 3.05) is 0 Å². The van der Waals surface area contributed by atoms with Crippen LogP contribution in [0.4, 0.5) is 0 Å². The predicted molar refractivity (Wildman–Crippen MR) is 116 cm³/mol. The van der Waals surface area contributed by atoms with Crippen molar-refractivity contribution in [1.29, 1.82) is 0 Å². The Morgan fingerprint density at radius 2 is 1.70 bits per heavy atom. The molecule has 0 aliphatic carbocycles. The number of ether oxygens (including phenoxy) is 1. The fourth-order valence-electron chi connectivity index (χ4n) is 3.15. The van der Waals surface area contributed by atoms with Crippen LogP contribution in [0.5, 0.6) is 11.5 Å². The highest BCUT2D eigenvalue weighted by molar-refractivity contribution is 5.91. The molecule has 30 heavy (non-hydrogen) atoms. The summed E-state index contributed by atoms with van der Waals surface area (Å²) in [4.78, 5) is 19.8. The first-order valence-electron chi connectivity index (χ1n) is 9.42. The predicted octanol–water partition coefficient (Wildman–Crippen LogP) is 4.16. The maximum absolute atomic E-state index is 11.3. The number of nitrogens with zero attached hydrogens (tertiary/aromatic N) is 2. The Balaban J connectivity index is 1.58. The summed E-state index contributed by atoms with van der Waals surface area (Å²) in [7, 11) is 0. The highest BCUT2D eigenvalue weighted by Gasteiger charge is 2.09. The molecular weight excluding hydrogens is 376 g/mol. The van der Waals surface area contributed by atoms with E-state index in [1.165, 1.54) is 0 Å². The van der Waals surface area contributed by atoms with E-state index in [4.69, 9.17) is 16.2 Å². The van der Waals surface area contributed by atoms with Gasteiger partial charge in [0.1, 0.15) is 17.2 Å². The SMILES string of the molecule is NCc1ccc(Oc2ccc(-c3cccc(C(N)=O)n3)cc2)cc1-c1cccnc1. The van der Waals surface area contributed by atoms with Gasteiger partial charge in [-0.05, 0) is 65.7 Å². The lowest BCUT2D eigenvalue weighted by Crippen LogP contribution is -2.12. The third-order valence-corrected chi connectivity index (χ3v) is 4.66. The van der Waals surface area contributed by atoms with Gasteiger partial charge in [-0.25, -0.2) is 4.98 Å². The molecule has 0 aliphatic heterocycles. The lowest BCUT2D eigenvalue weighted by molar-refractivity contribution is 0.0995. The van der Waals surface area contributed by atoms with Crippen molar-refractivity contribution in [3.63, 3.8) is 0 Å². The van der Waals surface area contributed by atoms with E-state index in [9.17, 15) is 4.79 Å². The second-order valence-corrected chi connectivity index (χ2v) is 6.66. The Hall–Kier alpha value is -4.03. The number of aromatic nitrogens is 2. The van der Waals surface area contributed by atoms with Crippen LogP contribution in [-0.4, -0.2) is 15.9 Å². The van der Waals surface area contributed by atoms with Gasteiger partial charge in [0.05, 0.1) is 5.69 Å². The van der Waals surface area contributed by atoms with Gasteiger partial charge in [-0.15, -0.1) is 0 Å². The highest BCUT2D eigenvalue weighted by Crippen LogP contribution is 2.31. The first-order valence-corrected chi connectivity index (χ1v) is 9.42. The second-order valence-electron chi connectivity index (χ2n) is 6.66. The number of rotatable bonds is 6. The van der Waals surface area contributed by atoms with Crippen LogP contribution in [0, 0.1) is 0 Å².